The number of nitrogens with one attached hydrogen (secondary N) is 4. The number of aliphatic hydroxyl groups is 5. The molecule has 11 atom stereocenters. The van der Waals surface area contributed by atoms with Gasteiger partial charge in [-0.05, 0) is 98.8 Å². The van der Waals surface area contributed by atoms with Crippen LogP contribution in [-0.4, -0.2) is 136 Å². The van der Waals surface area contributed by atoms with Crippen molar-refractivity contribution in [1.82, 2.24) is 21.3 Å². The summed E-state index contributed by atoms with van der Waals surface area (Å²) in [6.07, 6.45) is 6.00. The van der Waals surface area contributed by atoms with Crippen LogP contribution in [0.15, 0.2) is 121 Å². The summed E-state index contributed by atoms with van der Waals surface area (Å²) in [5.74, 6) is 1.82. The van der Waals surface area contributed by atoms with Gasteiger partial charge in [0.25, 0.3) is 0 Å². The molecule has 98 heavy (non-hydrogen) atoms. The van der Waals surface area contributed by atoms with Crippen molar-refractivity contribution in [2.45, 2.75) is 217 Å². The quantitative estimate of drug-likeness (QED) is 0.0145. The second kappa shape index (κ2) is 56.0. The Morgan fingerprint density at radius 1 is 0.459 bits per heavy atom. The molecule has 22 heteroatoms. The van der Waals surface area contributed by atoms with Gasteiger partial charge in [-0.2, -0.15) is 0 Å². The smallest absolute Gasteiger partial charge is 0.407 e. The number of ketones is 4. The van der Waals surface area contributed by atoms with E-state index in [0.29, 0.717) is 56.9 Å². The molecule has 2 fully saturated rings. The molecule has 0 heterocycles. The fourth-order valence-corrected chi connectivity index (χ4v) is 8.97. The Kier molecular flexibility index (Phi) is 51.5. The third-order valence-electron chi connectivity index (χ3n) is 16.7. The van der Waals surface area contributed by atoms with Crippen LogP contribution < -0.4 is 21.3 Å². The van der Waals surface area contributed by atoms with Crippen LogP contribution in [0.2, 0.25) is 0 Å². The van der Waals surface area contributed by atoms with Gasteiger partial charge in [0.2, 0.25) is 0 Å². The van der Waals surface area contributed by atoms with Gasteiger partial charge in [-0.3, -0.25) is 14.4 Å². The van der Waals surface area contributed by atoms with Crippen molar-refractivity contribution in [1.29, 1.82) is 0 Å². The second-order valence-electron chi connectivity index (χ2n) is 24.7. The van der Waals surface area contributed by atoms with E-state index in [2.05, 4.69) is 49.0 Å². The van der Waals surface area contributed by atoms with Gasteiger partial charge in [0.1, 0.15) is 55.8 Å². The maximum atomic E-state index is 11.4. The van der Waals surface area contributed by atoms with Gasteiger partial charge in [-0.1, -0.05) is 202 Å². The number of ether oxygens (including phenoxy) is 4. The average Bonchev–Trinajstić information content (AvgIpc) is 0.954. The lowest BCUT2D eigenvalue weighted by atomic mass is 9.80. The number of carbonyl (C=O) groups is 9. The Balaban J connectivity index is 0.00000116. The molecule has 22 nitrogen and oxygen atoms in total. The molecule has 9 N–H and O–H groups in total. The van der Waals surface area contributed by atoms with E-state index in [-0.39, 0.29) is 87.8 Å². The van der Waals surface area contributed by atoms with Gasteiger partial charge < -0.3 is 75.3 Å². The number of alkyl carbamates (subject to hydrolysis) is 4. The maximum Gasteiger partial charge on any atom is 0.407 e. The highest BCUT2D eigenvalue weighted by atomic mass is 16.6. The first-order chi connectivity index (χ1) is 46.6. The molecule has 2 saturated carbocycles. The molecule has 0 aliphatic heterocycles. The number of hydrogen-bond acceptors (Lipinski definition) is 18. The normalized spacial score (nSPS) is 17.9. The minimum atomic E-state index is -0.748. The molecule has 2 aliphatic carbocycles. The zero-order valence-electron chi connectivity index (χ0n) is 59.9. The minimum Gasteiger partial charge on any atom is -0.445 e. The Morgan fingerprint density at radius 2 is 0.745 bits per heavy atom. The third kappa shape index (κ3) is 47.1. The maximum absolute atomic E-state index is 11.4. The number of rotatable bonds is 28. The Bertz CT molecular complexity index is 2650. The molecule has 0 saturated heterocycles. The number of benzene rings is 4. The molecule has 0 radical (unpaired) electrons. The van der Waals surface area contributed by atoms with Crippen molar-refractivity contribution in [3.8, 4) is 0 Å². The first-order valence-corrected chi connectivity index (χ1v) is 34.3. The van der Waals surface area contributed by atoms with Crippen molar-refractivity contribution in [2.24, 2.45) is 35.5 Å². The van der Waals surface area contributed by atoms with Crippen molar-refractivity contribution >= 4 is 53.8 Å². The largest absolute Gasteiger partial charge is 0.445 e. The summed E-state index contributed by atoms with van der Waals surface area (Å²) in [4.78, 5) is 98.3. The molecule has 548 valence electrons. The number of amides is 4. The van der Waals surface area contributed by atoms with Crippen LogP contribution in [0.3, 0.4) is 0 Å². The number of aliphatic hydroxyl groups excluding tert-OH is 5. The molecular formula is C76H116N4O18. The predicted octanol–water partition coefficient (Wildman–Crippen LogP) is 11.9. The summed E-state index contributed by atoms with van der Waals surface area (Å²) >= 11 is 0. The molecule has 2 aliphatic rings. The first-order valence-electron chi connectivity index (χ1n) is 34.3. The highest BCUT2D eigenvalue weighted by Gasteiger charge is 2.26. The Morgan fingerprint density at radius 3 is 0.990 bits per heavy atom. The zero-order valence-corrected chi connectivity index (χ0v) is 59.9. The summed E-state index contributed by atoms with van der Waals surface area (Å²) in [7, 11) is 0. The standard InChI is InChI=1S/3C15H21NO4.C11H13NO3.2C8H16O.C4H8O/c2*1-11(12(2)17)14(18)8-9-16-15(19)20-10-13-6-4-3-5-7-13;1-2-13(17)10-14(18)8-9-16-15(19)20-11-12-6-4-3-5-7-12;13-8-4-7-12-11(14)15-9-10-5-2-1-3-6-10;2*1-6-4-3-5-8(9)7(6)2;1-3-4(2)5/h2*3-7,11,14,18H,8-10H2,1-2H3,(H,16,19);3-7,14,18H,2,8-11H2,1H3,(H,16,19);1-3,5-6,8H,4,7,9H2,(H,12,14);2*6-9H,3-5H2,1-2H3;3H2,1-2H3/t11-,14+;11-,14-;14-;;6-,7+,8+;6-,7-,8+;/m111.01./s1. The van der Waals surface area contributed by atoms with Crippen molar-refractivity contribution < 1.29 is 87.6 Å². The summed E-state index contributed by atoms with van der Waals surface area (Å²) in [5.41, 5.74) is 3.67. The fraction of sp³-hybridized carbons (Fsp3) is 0.566. The van der Waals surface area contributed by atoms with Crippen molar-refractivity contribution in [2.75, 3.05) is 26.2 Å². The van der Waals surface area contributed by atoms with Gasteiger partial charge in [0.05, 0.1) is 30.5 Å². The number of Topliss-reactive ketones (excluding diaryl/α,β-unsaturated/α-hetero) is 4. The number of hydrogen-bond donors (Lipinski definition) is 9. The van der Waals surface area contributed by atoms with E-state index in [9.17, 15) is 68.7 Å². The molecule has 0 spiro atoms. The Hall–Kier alpha value is -7.89. The van der Waals surface area contributed by atoms with Crippen molar-refractivity contribution in [3.63, 3.8) is 0 Å². The van der Waals surface area contributed by atoms with Crippen LogP contribution in [0, 0.1) is 35.5 Å². The number of aldehydes is 1. The molecule has 4 aromatic carbocycles. The molecule has 6 rings (SSSR count). The lowest BCUT2D eigenvalue weighted by Gasteiger charge is -2.30. The fourth-order valence-electron chi connectivity index (χ4n) is 8.97. The molecule has 0 unspecified atom stereocenters. The minimum absolute atomic E-state index is 0.0177. The predicted molar refractivity (Wildman–Crippen MR) is 378 cm³/mol. The molecule has 0 aromatic heterocycles. The van der Waals surface area contributed by atoms with E-state index >= 15 is 0 Å². The summed E-state index contributed by atoms with van der Waals surface area (Å²) in [5, 5.41) is 57.7. The second-order valence-corrected chi connectivity index (χ2v) is 24.7. The Labute approximate surface area is 582 Å². The monoisotopic (exact) mass is 1370 g/mol. The van der Waals surface area contributed by atoms with Crippen LogP contribution in [0.25, 0.3) is 0 Å². The van der Waals surface area contributed by atoms with E-state index < -0.39 is 54.5 Å². The van der Waals surface area contributed by atoms with Gasteiger partial charge in [-0.25, -0.2) is 19.2 Å². The zero-order chi connectivity index (χ0) is 73.6. The summed E-state index contributed by atoms with van der Waals surface area (Å²) in [6, 6.07) is 37.5. The number of carbonyl (C=O) groups excluding carboxylic acids is 9. The van der Waals surface area contributed by atoms with Crippen LogP contribution in [-0.2, 0) is 69.3 Å². The van der Waals surface area contributed by atoms with Crippen LogP contribution in [0.5, 0.6) is 0 Å². The summed E-state index contributed by atoms with van der Waals surface area (Å²) < 4.78 is 20.0. The van der Waals surface area contributed by atoms with Crippen molar-refractivity contribution in [3.05, 3.63) is 144 Å². The topological polar surface area (TPSA) is 340 Å². The molecule has 4 amide bonds. The van der Waals surface area contributed by atoms with E-state index in [1.54, 1.807) is 27.7 Å². The SMILES string of the molecule is CC(=O)[C@@H](C)[C@@H](O)CCNC(=O)OCc1ccccc1.CC(=O)[C@@H](C)[C@H](O)CCNC(=O)OCc1ccccc1.CCC(=O)C[C@H](O)CCNC(=O)OCc1ccccc1.CCC(C)=O.C[C@@H]1[C@H](C)CCC[C@@H]1O.C[C@H]1[C@H](O)CCC[C@@H]1C.O=CCCNC(=O)OCc1ccccc1. The van der Waals surface area contributed by atoms with Crippen LogP contribution >= 0.6 is 0 Å². The lowest BCUT2D eigenvalue weighted by molar-refractivity contribution is -0.124. The highest BCUT2D eigenvalue weighted by Crippen LogP contribution is 2.30. The molecule has 0 bridgehead atoms. The third-order valence-corrected chi connectivity index (χ3v) is 16.7. The van der Waals surface area contributed by atoms with Crippen LogP contribution in [0.1, 0.15) is 182 Å². The van der Waals surface area contributed by atoms with E-state index in [1.165, 1.54) is 39.5 Å². The molecular weight excluding hydrogens is 1260 g/mol. The van der Waals surface area contributed by atoms with Gasteiger partial charge in [0.15, 0.2) is 0 Å². The first kappa shape index (κ1) is 90.1. The molecule has 4 aromatic rings. The average molecular weight is 1370 g/mol. The van der Waals surface area contributed by atoms with E-state index in [0.717, 1.165) is 53.2 Å². The van der Waals surface area contributed by atoms with Gasteiger partial charge >= 0.3 is 24.4 Å². The highest BCUT2D eigenvalue weighted by molar-refractivity contribution is 5.79. The van der Waals surface area contributed by atoms with Gasteiger partial charge in [-0.15, -0.1) is 0 Å². The lowest BCUT2D eigenvalue weighted by Crippen LogP contribution is -2.31. The van der Waals surface area contributed by atoms with E-state index in [1.807, 2.05) is 128 Å². The van der Waals surface area contributed by atoms with Crippen LogP contribution in [0.4, 0.5) is 19.2 Å². The van der Waals surface area contributed by atoms with Gasteiger partial charge in [0, 0.05) is 63.7 Å². The summed E-state index contributed by atoms with van der Waals surface area (Å²) in [6.45, 7) is 22.2. The van der Waals surface area contributed by atoms with E-state index in [4.69, 9.17) is 18.9 Å².